The van der Waals surface area contributed by atoms with Gasteiger partial charge in [0.1, 0.15) is 5.60 Å². The molecule has 1 heterocycles. The van der Waals surface area contributed by atoms with Crippen molar-refractivity contribution in [1.82, 2.24) is 4.90 Å². The fraction of sp³-hybridized carbons (Fsp3) is 0.400. The standard InChI is InChI=1S/C25H29NO2/c1-18-22(26(17-25(18)13-14-25)23(27)28-24(2,3)4)16-19-9-8-12-21(15-19)20-10-6-5-7-11-20/h5-12,15,22H,1,13-14,16-17H2,2-4H3. The third kappa shape index (κ3) is 3.71. The van der Waals surface area contributed by atoms with E-state index in [1.54, 1.807) is 0 Å². The second-order valence-corrected chi connectivity index (χ2v) is 9.20. The highest BCUT2D eigenvalue weighted by molar-refractivity contribution is 5.71. The van der Waals surface area contributed by atoms with Crippen molar-refractivity contribution in [2.45, 2.75) is 51.7 Å². The fourth-order valence-electron chi connectivity index (χ4n) is 4.19. The van der Waals surface area contributed by atoms with E-state index in [4.69, 9.17) is 4.74 Å². The maximum Gasteiger partial charge on any atom is 0.410 e. The lowest BCUT2D eigenvalue weighted by molar-refractivity contribution is 0.0228. The molecule has 2 fully saturated rings. The third-order valence-corrected chi connectivity index (χ3v) is 5.88. The Morgan fingerprint density at radius 1 is 1.11 bits per heavy atom. The summed E-state index contributed by atoms with van der Waals surface area (Å²) in [6.07, 6.45) is 2.82. The number of amides is 1. The molecule has 1 aliphatic carbocycles. The van der Waals surface area contributed by atoms with Crippen LogP contribution in [-0.2, 0) is 11.2 Å². The molecule has 1 atom stereocenters. The Kier molecular flexibility index (Phi) is 4.57. The number of likely N-dealkylation sites (tertiary alicyclic amines) is 1. The Labute approximate surface area is 168 Å². The van der Waals surface area contributed by atoms with E-state index in [-0.39, 0.29) is 17.6 Å². The van der Waals surface area contributed by atoms with Crippen LogP contribution >= 0.6 is 0 Å². The first-order valence-corrected chi connectivity index (χ1v) is 10.1. The molecule has 2 aromatic rings. The minimum absolute atomic E-state index is 0.00312. The number of ether oxygens (including phenoxy) is 1. The molecule has 0 N–H and O–H groups in total. The van der Waals surface area contributed by atoms with Gasteiger partial charge in [-0.25, -0.2) is 4.79 Å². The zero-order chi connectivity index (χ0) is 19.9. The Morgan fingerprint density at radius 2 is 1.79 bits per heavy atom. The van der Waals surface area contributed by atoms with Crippen molar-refractivity contribution in [3.05, 3.63) is 72.3 Å². The zero-order valence-corrected chi connectivity index (χ0v) is 17.1. The van der Waals surface area contributed by atoms with Gasteiger partial charge in [-0.2, -0.15) is 0 Å². The van der Waals surface area contributed by atoms with E-state index in [0.717, 1.165) is 25.8 Å². The van der Waals surface area contributed by atoms with Crippen LogP contribution in [0.5, 0.6) is 0 Å². The van der Waals surface area contributed by atoms with Crippen LogP contribution in [0.25, 0.3) is 11.1 Å². The number of rotatable bonds is 3. The average molecular weight is 376 g/mol. The first-order chi connectivity index (χ1) is 13.3. The van der Waals surface area contributed by atoms with Crippen molar-refractivity contribution < 1.29 is 9.53 Å². The number of carbonyl (C=O) groups is 1. The molecular formula is C25H29NO2. The summed E-state index contributed by atoms with van der Waals surface area (Å²) in [5, 5.41) is 0. The summed E-state index contributed by atoms with van der Waals surface area (Å²) in [5.74, 6) is 0. The lowest BCUT2D eigenvalue weighted by Crippen LogP contribution is -2.41. The van der Waals surface area contributed by atoms with Crippen LogP contribution in [0, 0.1) is 5.41 Å². The van der Waals surface area contributed by atoms with Crippen molar-refractivity contribution in [3.63, 3.8) is 0 Å². The summed E-state index contributed by atoms with van der Waals surface area (Å²) in [5.41, 5.74) is 4.46. The van der Waals surface area contributed by atoms with Gasteiger partial charge in [0, 0.05) is 12.0 Å². The highest BCUT2D eigenvalue weighted by Gasteiger charge is 2.56. The molecular weight excluding hydrogens is 346 g/mol. The molecule has 1 amide bonds. The Balaban J connectivity index is 1.58. The molecule has 1 aliphatic heterocycles. The highest BCUT2D eigenvalue weighted by Crippen LogP contribution is 2.58. The predicted molar refractivity (Wildman–Crippen MR) is 113 cm³/mol. The fourth-order valence-corrected chi connectivity index (χ4v) is 4.19. The maximum atomic E-state index is 12.9. The molecule has 146 valence electrons. The van der Waals surface area contributed by atoms with Crippen LogP contribution in [0.1, 0.15) is 39.2 Å². The average Bonchev–Trinajstić information content (AvgIpc) is 3.39. The van der Waals surface area contributed by atoms with Crippen LogP contribution in [0.3, 0.4) is 0 Å². The minimum Gasteiger partial charge on any atom is -0.444 e. The Morgan fingerprint density at radius 3 is 2.43 bits per heavy atom. The van der Waals surface area contributed by atoms with Crippen LogP contribution < -0.4 is 0 Å². The van der Waals surface area contributed by atoms with Crippen LogP contribution in [0.2, 0.25) is 0 Å². The first-order valence-electron chi connectivity index (χ1n) is 10.1. The van der Waals surface area contributed by atoms with E-state index < -0.39 is 5.60 Å². The first kappa shape index (κ1) is 18.8. The van der Waals surface area contributed by atoms with Gasteiger partial charge in [-0.15, -0.1) is 0 Å². The molecule has 3 heteroatoms. The molecule has 3 nitrogen and oxygen atoms in total. The summed E-state index contributed by atoms with van der Waals surface area (Å²) in [4.78, 5) is 14.8. The lowest BCUT2D eigenvalue weighted by Gasteiger charge is -2.29. The predicted octanol–water partition coefficient (Wildman–Crippen LogP) is 5.85. The number of hydrogen-bond donors (Lipinski definition) is 0. The molecule has 0 radical (unpaired) electrons. The van der Waals surface area contributed by atoms with E-state index >= 15 is 0 Å². The molecule has 1 unspecified atom stereocenters. The zero-order valence-electron chi connectivity index (χ0n) is 17.1. The van der Waals surface area contributed by atoms with Crippen molar-refractivity contribution >= 4 is 6.09 Å². The van der Waals surface area contributed by atoms with E-state index in [1.807, 2.05) is 31.7 Å². The van der Waals surface area contributed by atoms with Crippen molar-refractivity contribution in [2.75, 3.05) is 6.54 Å². The molecule has 4 rings (SSSR count). The van der Waals surface area contributed by atoms with Crippen molar-refractivity contribution in [1.29, 1.82) is 0 Å². The Bertz CT molecular complexity index is 890. The van der Waals surface area contributed by atoms with Gasteiger partial charge in [-0.05, 0) is 62.3 Å². The SMILES string of the molecule is C=C1C(Cc2cccc(-c3ccccc3)c2)N(C(=O)OC(C)(C)C)CC12CC2. The third-order valence-electron chi connectivity index (χ3n) is 5.88. The second kappa shape index (κ2) is 6.80. The number of benzene rings is 2. The quantitative estimate of drug-likeness (QED) is 0.630. The van der Waals surface area contributed by atoms with Crippen molar-refractivity contribution in [3.8, 4) is 11.1 Å². The summed E-state index contributed by atoms with van der Waals surface area (Å²) < 4.78 is 5.70. The van der Waals surface area contributed by atoms with E-state index in [2.05, 4.69) is 55.1 Å². The van der Waals surface area contributed by atoms with Gasteiger partial charge in [0.25, 0.3) is 0 Å². The lowest BCUT2D eigenvalue weighted by atomic mass is 9.92. The van der Waals surface area contributed by atoms with Gasteiger partial charge in [0.15, 0.2) is 0 Å². The highest BCUT2D eigenvalue weighted by atomic mass is 16.6. The topological polar surface area (TPSA) is 29.5 Å². The van der Waals surface area contributed by atoms with Gasteiger partial charge in [0.2, 0.25) is 0 Å². The molecule has 1 saturated carbocycles. The van der Waals surface area contributed by atoms with Gasteiger partial charge in [-0.1, -0.05) is 61.2 Å². The van der Waals surface area contributed by atoms with E-state index in [9.17, 15) is 4.79 Å². The van der Waals surface area contributed by atoms with Crippen LogP contribution in [0.4, 0.5) is 4.79 Å². The summed E-state index contributed by atoms with van der Waals surface area (Å²) >= 11 is 0. The molecule has 0 aromatic heterocycles. The number of carbonyl (C=O) groups excluding carboxylic acids is 1. The number of hydrogen-bond acceptors (Lipinski definition) is 2. The minimum atomic E-state index is -0.491. The van der Waals surface area contributed by atoms with Crippen molar-refractivity contribution in [2.24, 2.45) is 5.41 Å². The van der Waals surface area contributed by atoms with Gasteiger partial charge < -0.3 is 9.64 Å². The molecule has 1 saturated heterocycles. The Hall–Kier alpha value is -2.55. The molecule has 2 aliphatic rings. The largest absolute Gasteiger partial charge is 0.444 e. The van der Waals surface area contributed by atoms with Crippen LogP contribution in [-0.4, -0.2) is 29.2 Å². The molecule has 0 bridgehead atoms. The normalized spacial score (nSPS) is 20.5. The summed E-state index contributed by atoms with van der Waals surface area (Å²) in [6.45, 7) is 10.9. The van der Waals surface area contributed by atoms with E-state index in [1.165, 1.54) is 22.3 Å². The molecule has 2 aromatic carbocycles. The number of nitrogens with zero attached hydrogens (tertiary/aromatic N) is 1. The smallest absolute Gasteiger partial charge is 0.410 e. The molecule has 1 spiro atoms. The molecule has 28 heavy (non-hydrogen) atoms. The monoisotopic (exact) mass is 375 g/mol. The van der Waals surface area contributed by atoms with Gasteiger partial charge in [0.05, 0.1) is 6.04 Å². The van der Waals surface area contributed by atoms with Crippen LogP contribution in [0.15, 0.2) is 66.7 Å². The second-order valence-electron chi connectivity index (χ2n) is 9.20. The van der Waals surface area contributed by atoms with E-state index in [0.29, 0.717) is 0 Å². The maximum absolute atomic E-state index is 12.9. The summed E-state index contributed by atoms with van der Waals surface area (Å²) in [7, 11) is 0. The van der Waals surface area contributed by atoms with Gasteiger partial charge in [-0.3, -0.25) is 0 Å². The summed E-state index contributed by atoms with van der Waals surface area (Å²) in [6, 6.07) is 19.0. The van der Waals surface area contributed by atoms with Gasteiger partial charge >= 0.3 is 6.09 Å².